The van der Waals surface area contributed by atoms with E-state index in [1.54, 1.807) is 17.9 Å². The molecule has 2 amide bonds. The van der Waals surface area contributed by atoms with Gasteiger partial charge in [-0.15, -0.1) is 0 Å². The second kappa shape index (κ2) is 9.77. The number of hydrogen-bond donors (Lipinski definition) is 1. The molecule has 7 nitrogen and oxygen atoms in total. The summed E-state index contributed by atoms with van der Waals surface area (Å²) in [6.45, 7) is 3.34. The van der Waals surface area contributed by atoms with E-state index < -0.39 is 22.6 Å². The number of alkyl halides is 3. The summed E-state index contributed by atoms with van der Waals surface area (Å²) >= 11 is 0. The minimum Gasteiger partial charge on any atom is -0.372 e. The molecule has 0 aliphatic carbocycles. The van der Waals surface area contributed by atoms with Gasteiger partial charge in [0.05, 0.1) is 4.90 Å². The molecule has 0 saturated carbocycles. The second-order valence-corrected chi connectivity index (χ2v) is 9.04. The smallest absolute Gasteiger partial charge is 0.372 e. The minimum atomic E-state index is -4.31. The van der Waals surface area contributed by atoms with Crippen molar-refractivity contribution in [2.45, 2.75) is 24.4 Å². The van der Waals surface area contributed by atoms with Gasteiger partial charge in [-0.3, -0.25) is 4.90 Å². The molecule has 1 aromatic rings. The van der Waals surface area contributed by atoms with Gasteiger partial charge >= 0.3 is 12.2 Å². The number of piperazine rings is 1. The van der Waals surface area contributed by atoms with Gasteiger partial charge in [-0.2, -0.15) is 13.2 Å². The van der Waals surface area contributed by atoms with Crippen LogP contribution in [0.1, 0.15) is 12.0 Å². The number of nitrogens with zero attached hydrogens (tertiary/aromatic N) is 2. The van der Waals surface area contributed by atoms with Crippen molar-refractivity contribution >= 4 is 21.6 Å². The fourth-order valence-corrected chi connectivity index (χ4v) is 3.56. The minimum absolute atomic E-state index is 0.0379. The molecule has 11 heteroatoms. The van der Waals surface area contributed by atoms with Gasteiger partial charge in [0, 0.05) is 51.3 Å². The van der Waals surface area contributed by atoms with Crippen LogP contribution in [0.15, 0.2) is 23.1 Å². The Kier molecular flexibility index (Phi) is 7.89. The van der Waals surface area contributed by atoms with E-state index in [9.17, 15) is 26.4 Å². The standard InChI is InChI=1S/C18H26F3N3O4S/c1-14-4-5-15(29(2,26)27)12-16(14)22-17(25)24-9-7-23(8-10-24)6-3-11-28-13-18(19,20)21/h4-5,12H,3,6-11,13H2,1-2H3,(H,22,25). The molecule has 0 unspecified atom stereocenters. The third-order valence-electron chi connectivity index (χ3n) is 4.57. The lowest BCUT2D eigenvalue weighted by Crippen LogP contribution is -2.50. The first-order chi connectivity index (χ1) is 13.5. The van der Waals surface area contributed by atoms with Crippen molar-refractivity contribution in [3.8, 4) is 0 Å². The highest BCUT2D eigenvalue weighted by atomic mass is 32.2. The molecule has 164 valence electrons. The van der Waals surface area contributed by atoms with Crippen molar-refractivity contribution in [2.24, 2.45) is 0 Å². The maximum atomic E-state index is 12.5. The molecule has 1 aliphatic rings. The average Bonchev–Trinajstić information content (AvgIpc) is 2.62. The van der Waals surface area contributed by atoms with E-state index in [1.807, 2.05) is 0 Å². The van der Waals surface area contributed by atoms with Crippen molar-refractivity contribution in [3.63, 3.8) is 0 Å². The zero-order chi connectivity index (χ0) is 21.7. The predicted molar refractivity (Wildman–Crippen MR) is 103 cm³/mol. The van der Waals surface area contributed by atoms with Crippen molar-refractivity contribution in [1.82, 2.24) is 9.80 Å². The molecule has 0 aromatic heterocycles. The number of amides is 2. The normalized spacial score (nSPS) is 16.1. The van der Waals surface area contributed by atoms with Gasteiger partial charge in [0.25, 0.3) is 0 Å². The number of carbonyl (C=O) groups is 1. The third-order valence-corrected chi connectivity index (χ3v) is 5.68. The predicted octanol–water partition coefficient (Wildman–Crippen LogP) is 2.52. The number of halogens is 3. The van der Waals surface area contributed by atoms with Crippen LogP contribution < -0.4 is 5.32 Å². The number of carbonyl (C=O) groups excluding carboxylic acids is 1. The van der Waals surface area contributed by atoms with E-state index in [2.05, 4.69) is 15.0 Å². The lowest BCUT2D eigenvalue weighted by molar-refractivity contribution is -0.174. The number of hydrogen-bond acceptors (Lipinski definition) is 5. The summed E-state index contributed by atoms with van der Waals surface area (Å²) in [7, 11) is -3.38. The summed E-state index contributed by atoms with van der Waals surface area (Å²) in [6.07, 6.45) is -2.71. The number of nitrogens with one attached hydrogen (secondary N) is 1. The summed E-state index contributed by atoms with van der Waals surface area (Å²) in [5.41, 5.74) is 1.20. The summed E-state index contributed by atoms with van der Waals surface area (Å²) in [6, 6.07) is 4.27. The van der Waals surface area contributed by atoms with Gasteiger partial charge < -0.3 is 15.0 Å². The maximum Gasteiger partial charge on any atom is 0.411 e. The first-order valence-corrected chi connectivity index (χ1v) is 11.1. The monoisotopic (exact) mass is 437 g/mol. The van der Waals surface area contributed by atoms with Crippen molar-refractivity contribution in [3.05, 3.63) is 23.8 Å². The Bertz CT molecular complexity index is 807. The Morgan fingerprint density at radius 1 is 1.21 bits per heavy atom. The Labute approximate surface area is 168 Å². The lowest BCUT2D eigenvalue weighted by Gasteiger charge is -2.34. The van der Waals surface area contributed by atoms with Crippen LogP contribution in [-0.2, 0) is 14.6 Å². The van der Waals surface area contributed by atoms with Gasteiger partial charge in [-0.05, 0) is 31.0 Å². The quantitative estimate of drug-likeness (QED) is 0.664. The van der Waals surface area contributed by atoms with Crippen molar-refractivity contribution in [1.29, 1.82) is 0 Å². The zero-order valence-corrected chi connectivity index (χ0v) is 17.3. The summed E-state index contributed by atoms with van der Waals surface area (Å²) in [5.74, 6) is 0. The Morgan fingerprint density at radius 3 is 2.45 bits per heavy atom. The van der Waals surface area contributed by atoms with Crippen molar-refractivity contribution < 1.29 is 31.1 Å². The first-order valence-electron chi connectivity index (χ1n) is 9.19. The second-order valence-electron chi connectivity index (χ2n) is 7.03. The van der Waals surface area contributed by atoms with E-state index in [0.29, 0.717) is 44.8 Å². The van der Waals surface area contributed by atoms with Gasteiger partial charge in [-0.1, -0.05) is 6.07 Å². The van der Waals surface area contributed by atoms with Crippen LogP contribution in [0, 0.1) is 6.92 Å². The highest BCUT2D eigenvalue weighted by Crippen LogP contribution is 2.21. The number of benzene rings is 1. The molecule has 1 aromatic carbocycles. The van der Waals surface area contributed by atoms with Gasteiger partial charge in [0.15, 0.2) is 9.84 Å². The molecule has 29 heavy (non-hydrogen) atoms. The van der Waals surface area contributed by atoms with Crippen LogP contribution in [0.3, 0.4) is 0 Å². The highest BCUT2D eigenvalue weighted by molar-refractivity contribution is 7.90. The van der Waals surface area contributed by atoms with E-state index in [0.717, 1.165) is 11.8 Å². The SMILES string of the molecule is Cc1ccc(S(C)(=O)=O)cc1NC(=O)N1CCN(CCCOCC(F)(F)F)CC1. The Hall–Kier alpha value is -1.85. The molecular formula is C18H26F3N3O4S. The van der Waals surface area contributed by atoms with Crippen LogP contribution in [-0.4, -0.2) is 82.6 Å². The van der Waals surface area contributed by atoms with E-state index in [1.165, 1.54) is 12.1 Å². The molecule has 0 atom stereocenters. The number of aryl methyl sites for hydroxylation is 1. The topological polar surface area (TPSA) is 79.0 Å². The summed E-state index contributed by atoms with van der Waals surface area (Å²) < 4.78 is 64.0. The van der Waals surface area contributed by atoms with Gasteiger partial charge in [0.1, 0.15) is 6.61 Å². The Balaban J connectivity index is 1.78. The molecule has 0 bridgehead atoms. The first kappa shape index (κ1) is 23.4. The fourth-order valence-electron chi connectivity index (χ4n) is 2.91. The van der Waals surface area contributed by atoms with Crippen LogP contribution in [0.25, 0.3) is 0 Å². The summed E-state index contributed by atoms with van der Waals surface area (Å²) in [4.78, 5) is 16.3. The number of sulfone groups is 1. The summed E-state index contributed by atoms with van der Waals surface area (Å²) in [5, 5.41) is 2.76. The average molecular weight is 437 g/mol. The third kappa shape index (κ3) is 7.82. The molecule has 1 aliphatic heterocycles. The number of ether oxygens (including phenoxy) is 1. The van der Waals surface area contributed by atoms with Gasteiger partial charge in [0.2, 0.25) is 0 Å². The van der Waals surface area contributed by atoms with Crippen LogP contribution in [0.4, 0.5) is 23.7 Å². The fraction of sp³-hybridized carbons (Fsp3) is 0.611. The number of urea groups is 1. The zero-order valence-electron chi connectivity index (χ0n) is 16.5. The molecule has 0 radical (unpaired) electrons. The van der Waals surface area contributed by atoms with Crippen LogP contribution >= 0.6 is 0 Å². The molecular weight excluding hydrogens is 411 g/mol. The lowest BCUT2D eigenvalue weighted by atomic mass is 10.2. The largest absolute Gasteiger partial charge is 0.411 e. The molecule has 1 saturated heterocycles. The van der Waals surface area contributed by atoms with Gasteiger partial charge in [-0.25, -0.2) is 13.2 Å². The number of rotatable bonds is 7. The Morgan fingerprint density at radius 2 is 1.86 bits per heavy atom. The number of anilines is 1. The highest BCUT2D eigenvalue weighted by Gasteiger charge is 2.27. The van der Waals surface area contributed by atoms with E-state index >= 15 is 0 Å². The van der Waals surface area contributed by atoms with E-state index in [-0.39, 0.29) is 17.5 Å². The molecule has 2 rings (SSSR count). The van der Waals surface area contributed by atoms with Crippen LogP contribution in [0.2, 0.25) is 0 Å². The molecule has 1 heterocycles. The van der Waals surface area contributed by atoms with Crippen LogP contribution in [0.5, 0.6) is 0 Å². The van der Waals surface area contributed by atoms with E-state index in [4.69, 9.17) is 0 Å². The maximum absolute atomic E-state index is 12.5. The molecule has 1 fully saturated rings. The van der Waals surface area contributed by atoms with Crippen molar-refractivity contribution in [2.75, 3.05) is 57.5 Å². The molecule has 1 N–H and O–H groups in total. The molecule has 0 spiro atoms.